The maximum atomic E-state index is 8.99. The highest BCUT2D eigenvalue weighted by molar-refractivity contribution is 9.11. The van der Waals surface area contributed by atoms with Crippen LogP contribution in [0.5, 0.6) is 0 Å². The van der Waals surface area contributed by atoms with E-state index in [1.807, 2.05) is 0 Å². The van der Waals surface area contributed by atoms with Crippen LogP contribution in [0.4, 0.5) is 0 Å². The number of aliphatic hydroxyl groups is 1. The molecule has 1 heterocycles. The molecule has 0 aliphatic heterocycles. The lowest BCUT2D eigenvalue weighted by atomic mass is 10.3. The van der Waals surface area contributed by atoms with Crippen LogP contribution in [0, 0.1) is 0 Å². The number of hydrogen-bond acceptors (Lipinski definition) is 3. The van der Waals surface area contributed by atoms with Gasteiger partial charge in [-0.1, -0.05) is 0 Å². The van der Waals surface area contributed by atoms with Crippen molar-refractivity contribution >= 4 is 27.3 Å². The zero-order chi connectivity index (χ0) is 9.68. The third-order valence-electron chi connectivity index (χ3n) is 1.62. The third kappa shape index (κ3) is 4.76. The first kappa shape index (κ1) is 11.2. The van der Waals surface area contributed by atoms with E-state index in [1.54, 1.807) is 18.3 Å². The van der Waals surface area contributed by atoms with Gasteiger partial charge in [0.2, 0.25) is 0 Å². The fourth-order valence-electron chi connectivity index (χ4n) is 1.01. The van der Waals surface area contributed by atoms with Gasteiger partial charge in [0.1, 0.15) is 0 Å². The molecule has 0 saturated heterocycles. The second-order valence-corrected chi connectivity index (χ2v) is 5.56. The molecule has 0 bridgehead atoms. The van der Waals surface area contributed by atoms with Gasteiger partial charge >= 0.3 is 0 Å². The number of halogens is 1. The highest BCUT2D eigenvalue weighted by Crippen LogP contribution is 2.21. The van der Waals surface area contributed by atoms with Crippen molar-refractivity contribution < 1.29 is 5.11 Å². The van der Waals surface area contributed by atoms with Crippen molar-refractivity contribution in [2.24, 2.45) is 0 Å². The monoisotopic (exact) mass is 263 g/mol. The highest BCUT2D eigenvalue weighted by atomic mass is 79.9. The van der Waals surface area contributed by atoms with Gasteiger partial charge in [-0.25, -0.2) is 0 Å². The summed E-state index contributed by atoms with van der Waals surface area (Å²) in [6, 6.07) is 4.19. The maximum Gasteiger partial charge on any atom is 0.0701 e. The van der Waals surface area contributed by atoms with Gasteiger partial charge in [0.15, 0.2) is 0 Å². The van der Waals surface area contributed by atoms with Crippen LogP contribution >= 0.6 is 27.3 Å². The summed E-state index contributed by atoms with van der Waals surface area (Å²) in [4.78, 5) is 1.37. The molecule has 4 heteroatoms. The van der Waals surface area contributed by atoms with Gasteiger partial charge in [-0.05, 0) is 41.4 Å². The summed E-state index contributed by atoms with van der Waals surface area (Å²) < 4.78 is 1.18. The molecule has 0 fully saturated rings. The first-order chi connectivity index (χ1) is 6.18. The van der Waals surface area contributed by atoms with E-state index in [4.69, 9.17) is 5.11 Å². The van der Waals surface area contributed by atoms with E-state index < -0.39 is 0 Å². The van der Waals surface area contributed by atoms with Crippen LogP contribution in [0.3, 0.4) is 0 Å². The summed E-state index contributed by atoms with van der Waals surface area (Å²) in [5, 5.41) is 12.2. The summed E-state index contributed by atoms with van der Waals surface area (Å²) >= 11 is 5.18. The van der Waals surface area contributed by atoms with Crippen molar-refractivity contribution in [2.45, 2.75) is 19.4 Å². The highest BCUT2D eigenvalue weighted by Gasteiger charge is 1.98. The van der Waals surface area contributed by atoms with Gasteiger partial charge in [-0.15, -0.1) is 11.3 Å². The van der Waals surface area contributed by atoms with Gasteiger partial charge in [0.05, 0.1) is 9.89 Å². The molecule has 0 aliphatic carbocycles. The van der Waals surface area contributed by atoms with Gasteiger partial charge in [0.25, 0.3) is 0 Å². The Morgan fingerprint density at radius 1 is 1.62 bits per heavy atom. The zero-order valence-electron chi connectivity index (χ0n) is 7.59. The van der Waals surface area contributed by atoms with Crippen molar-refractivity contribution in [3.63, 3.8) is 0 Å². The van der Waals surface area contributed by atoms with E-state index in [9.17, 15) is 0 Å². The average Bonchev–Trinajstić information content (AvgIpc) is 2.45. The summed E-state index contributed by atoms with van der Waals surface area (Å²) in [5.74, 6) is 0. The summed E-state index contributed by atoms with van der Waals surface area (Å²) in [5.41, 5.74) is 0. The number of thiophene rings is 1. The molecule has 1 rings (SSSR count). The Bertz CT molecular complexity index is 250. The van der Waals surface area contributed by atoms with Crippen LogP contribution in [0.2, 0.25) is 0 Å². The molecule has 0 saturated carbocycles. The molecule has 0 spiro atoms. The predicted octanol–water partition coefficient (Wildman–Crippen LogP) is 2.02. The minimum absolute atomic E-state index is 0.255. The molecule has 74 valence electrons. The van der Waals surface area contributed by atoms with E-state index in [2.05, 4.69) is 33.4 Å². The lowest BCUT2D eigenvalue weighted by Gasteiger charge is -2.05. The molecule has 2 nitrogen and oxygen atoms in total. The number of nitrogens with one attached hydrogen (secondary N) is 1. The molecule has 0 aliphatic rings. The minimum atomic E-state index is -0.255. The van der Waals surface area contributed by atoms with E-state index in [0.29, 0.717) is 6.54 Å². The Hall–Kier alpha value is 0.1000. The van der Waals surface area contributed by atoms with E-state index in [0.717, 1.165) is 13.0 Å². The number of rotatable bonds is 5. The zero-order valence-corrected chi connectivity index (χ0v) is 9.99. The van der Waals surface area contributed by atoms with Crippen molar-refractivity contribution in [3.05, 3.63) is 20.8 Å². The lowest BCUT2D eigenvalue weighted by Crippen LogP contribution is -2.26. The summed E-state index contributed by atoms with van der Waals surface area (Å²) in [6.45, 7) is 3.39. The van der Waals surface area contributed by atoms with Crippen LogP contribution in [0.1, 0.15) is 11.8 Å². The molecule has 1 atom stereocenters. The first-order valence-corrected chi connectivity index (χ1v) is 5.92. The van der Waals surface area contributed by atoms with Crippen molar-refractivity contribution in [1.29, 1.82) is 0 Å². The van der Waals surface area contributed by atoms with Crippen molar-refractivity contribution in [3.8, 4) is 0 Å². The van der Waals surface area contributed by atoms with E-state index >= 15 is 0 Å². The normalized spacial score (nSPS) is 13.2. The first-order valence-electron chi connectivity index (χ1n) is 4.31. The Kier molecular flexibility index (Phi) is 4.94. The van der Waals surface area contributed by atoms with Crippen LogP contribution in [-0.4, -0.2) is 24.3 Å². The molecule has 1 aromatic heterocycles. The molecular weight excluding hydrogens is 250 g/mol. The quantitative estimate of drug-likeness (QED) is 0.797. The summed E-state index contributed by atoms with van der Waals surface area (Å²) in [7, 11) is 0. The molecule has 0 radical (unpaired) electrons. The van der Waals surface area contributed by atoms with Gasteiger partial charge in [0, 0.05) is 18.0 Å². The molecule has 13 heavy (non-hydrogen) atoms. The molecule has 2 N–H and O–H groups in total. The number of aliphatic hydroxyl groups excluding tert-OH is 1. The van der Waals surface area contributed by atoms with Crippen LogP contribution in [0.15, 0.2) is 15.9 Å². The lowest BCUT2D eigenvalue weighted by molar-refractivity contribution is 0.192. The molecular formula is C9H14BrNOS. The van der Waals surface area contributed by atoms with Crippen LogP contribution < -0.4 is 5.32 Å². The fraction of sp³-hybridized carbons (Fsp3) is 0.556. The molecule has 0 unspecified atom stereocenters. The Morgan fingerprint density at radius 3 is 2.92 bits per heavy atom. The van der Waals surface area contributed by atoms with E-state index in [1.165, 1.54) is 8.66 Å². The standard InChI is InChI=1S/C9H14BrNOS/c1-7(12)6-11-5-4-8-2-3-9(10)13-8/h2-3,7,11-12H,4-6H2,1H3/t7-/m0/s1. The summed E-state index contributed by atoms with van der Waals surface area (Å²) in [6.07, 6.45) is 0.776. The largest absolute Gasteiger partial charge is 0.392 e. The topological polar surface area (TPSA) is 32.3 Å². The molecule has 1 aromatic rings. The minimum Gasteiger partial charge on any atom is -0.392 e. The average molecular weight is 264 g/mol. The Labute approximate surface area is 91.1 Å². The second kappa shape index (κ2) is 5.75. The van der Waals surface area contributed by atoms with Gasteiger partial charge in [-0.3, -0.25) is 0 Å². The SMILES string of the molecule is C[C@H](O)CNCCc1ccc(Br)s1. The van der Waals surface area contributed by atoms with Gasteiger partial charge < -0.3 is 10.4 Å². The van der Waals surface area contributed by atoms with Crippen LogP contribution in [0.25, 0.3) is 0 Å². The third-order valence-corrected chi connectivity index (χ3v) is 3.30. The fourth-order valence-corrected chi connectivity index (χ4v) is 2.49. The molecule has 0 amide bonds. The predicted molar refractivity (Wildman–Crippen MR) is 60.3 cm³/mol. The van der Waals surface area contributed by atoms with Gasteiger partial charge in [-0.2, -0.15) is 0 Å². The number of hydrogen-bond donors (Lipinski definition) is 2. The Balaban J connectivity index is 2.13. The van der Waals surface area contributed by atoms with Crippen molar-refractivity contribution in [2.75, 3.05) is 13.1 Å². The van der Waals surface area contributed by atoms with Crippen LogP contribution in [-0.2, 0) is 6.42 Å². The Morgan fingerprint density at radius 2 is 2.38 bits per heavy atom. The smallest absolute Gasteiger partial charge is 0.0701 e. The second-order valence-electron chi connectivity index (χ2n) is 3.01. The maximum absolute atomic E-state index is 8.99. The van der Waals surface area contributed by atoms with E-state index in [-0.39, 0.29) is 6.10 Å². The molecule has 0 aromatic carbocycles. The van der Waals surface area contributed by atoms with Crippen molar-refractivity contribution in [1.82, 2.24) is 5.32 Å².